The van der Waals surface area contributed by atoms with Crippen molar-refractivity contribution in [2.45, 2.75) is 39.8 Å². The molecule has 1 aliphatic rings. The first-order valence-corrected chi connectivity index (χ1v) is 7.75. The van der Waals surface area contributed by atoms with Gasteiger partial charge < -0.3 is 10.5 Å². The summed E-state index contributed by atoms with van der Waals surface area (Å²) < 4.78 is 5.69. The summed E-state index contributed by atoms with van der Waals surface area (Å²) in [5.41, 5.74) is 7.98. The minimum absolute atomic E-state index is 0.0864. The molecule has 0 aliphatic carbocycles. The summed E-state index contributed by atoms with van der Waals surface area (Å²) in [6.45, 7) is 9.14. The zero-order valence-corrected chi connectivity index (χ0v) is 13.3. The Kier molecular flexibility index (Phi) is 5.37. The van der Waals surface area contributed by atoms with Gasteiger partial charge in [-0.3, -0.25) is 9.69 Å². The molecule has 4 heteroatoms. The first-order chi connectivity index (χ1) is 10.0. The maximum Gasteiger partial charge on any atom is 0.159 e. The van der Waals surface area contributed by atoms with Crippen molar-refractivity contribution in [2.24, 2.45) is 11.7 Å². The molecule has 0 saturated carbocycles. The van der Waals surface area contributed by atoms with E-state index in [0.29, 0.717) is 12.5 Å². The van der Waals surface area contributed by atoms with Crippen LogP contribution in [0.3, 0.4) is 0 Å². The number of piperidine rings is 1. The molecule has 1 saturated heterocycles. The normalized spacial score (nSPS) is 23.0. The zero-order valence-electron chi connectivity index (χ0n) is 13.3. The van der Waals surface area contributed by atoms with E-state index in [1.165, 1.54) is 0 Å². The fourth-order valence-electron chi connectivity index (χ4n) is 2.77. The van der Waals surface area contributed by atoms with E-state index < -0.39 is 0 Å². The second kappa shape index (κ2) is 7.05. The van der Waals surface area contributed by atoms with Crippen molar-refractivity contribution in [1.29, 1.82) is 0 Å². The molecule has 0 radical (unpaired) electrons. The Hall–Kier alpha value is -1.39. The molecule has 2 N–H and O–H groups in total. The highest BCUT2D eigenvalue weighted by Crippen LogP contribution is 2.25. The number of likely N-dealkylation sites (tertiary alicyclic amines) is 1. The smallest absolute Gasteiger partial charge is 0.159 e. The van der Waals surface area contributed by atoms with Crippen LogP contribution in [0, 0.1) is 5.92 Å². The van der Waals surface area contributed by atoms with Crippen LogP contribution in [0.4, 0.5) is 0 Å². The van der Waals surface area contributed by atoms with E-state index in [4.69, 9.17) is 10.5 Å². The molecule has 2 unspecified atom stereocenters. The second-order valence-electron chi connectivity index (χ2n) is 5.98. The van der Waals surface area contributed by atoms with Gasteiger partial charge in [0.15, 0.2) is 5.78 Å². The molecule has 116 valence electrons. The van der Waals surface area contributed by atoms with E-state index in [1.54, 1.807) is 6.92 Å². The van der Waals surface area contributed by atoms with Crippen LogP contribution in [0.5, 0.6) is 5.75 Å². The summed E-state index contributed by atoms with van der Waals surface area (Å²) in [5, 5.41) is 0. The highest BCUT2D eigenvalue weighted by Gasteiger charge is 2.23. The van der Waals surface area contributed by atoms with Crippen molar-refractivity contribution in [3.63, 3.8) is 0 Å². The van der Waals surface area contributed by atoms with Crippen molar-refractivity contribution in [2.75, 3.05) is 19.7 Å². The monoisotopic (exact) mass is 290 g/mol. The molecule has 0 bridgehead atoms. The van der Waals surface area contributed by atoms with Gasteiger partial charge in [-0.15, -0.1) is 0 Å². The van der Waals surface area contributed by atoms with Gasteiger partial charge in [-0.2, -0.15) is 0 Å². The number of nitrogens with zero attached hydrogens (tertiary/aromatic N) is 1. The number of rotatable bonds is 5. The van der Waals surface area contributed by atoms with Gasteiger partial charge in [0.1, 0.15) is 5.75 Å². The number of ether oxygens (including phenoxy) is 1. The van der Waals surface area contributed by atoms with Crippen LogP contribution in [-0.4, -0.2) is 36.4 Å². The first-order valence-electron chi connectivity index (χ1n) is 7.75. The van der Waals surface area contributed by atoms with Crippen LogP contribution in [0.25, 0.3) is 0 Å². The molecular weight excluding hydrogens is 264 g/mol. The first kappa shape index (κ1) is 16.0. The quantitative estimate of drug-likeness (QED) is 0.846. The maximum atomic E-state index is 11.6. The number of hydrogen-bond donors (Lipinski definition) is 1. The summed E-state index contributed by atoms with van der Waals surface area (Å²) in [4.78, 5) is 13.9. The summed E-state index contributed by atoms with van der Waals surface area (Å²) >= 11 is 0. The van der Waals surface area contributed by atoms with Gasteiger partial charge in [0.05, 0.1) is 6.61 Å². The number of nitrogens with two attached hydrogens (primary N) is 1. The molecule has 2 rings (SSSR count). The Labute approximate surface area is 127 Å². The summed E-state index contributed by atoms with van der Waals surface area (Å²) in [7, 11) is 0. The zero-order chi connectivity index (χ0) is 15.4. The van der Waals surface area contributed by atoms with Gasteiger partial charge in [0.25, 0.3) is 0 Å². The predicted octanol–water partition coefficient (Wildman–Crippen LogP) is 2.46. The largest absolute Gasteiger partial charge is 0.494 e. The van der Waals surface area contributed by atoms with Crippen molar-refractivity contribution >= 4 is 5.78 Å². The Morgan fingerprint density at radius 3 is 2.86 bits per heavy atom. The van der Waals surface area contributed by atoms with E-state index in [0.717, 1.165) is 42.9 Å². The second-order valence-corrected chi connectivity index (χ2v) is 5.98. The average Bonchev–Trinajstić information content (AvgIpc) is 2.45. The van der Waals surface area contributed by atoms with Gasteiger partial charge in [-0.05, 0) is 50.9 Å². The fourth-order valence-corrected chi connectivity index (χ4v) is 2.77. The van der Waals surface area contributed by atoms with Crippen LogP contribution >= 0.6 is 0 Å². The topological polar surface area (TPSA) is 55.6 Å². The Balaban J connectivity index is 2.16. The minimum atomic E-state index is 0.0864. The Morgan fingerprint density at radius 2 is 2.24 bits per heavy atom. The van der Waals surface area contributed by atoms with E-state index >= 15 is 0 Å². The van der Waals surface area contributed by atoms with Crippen molar-refractivity contribution in [3.05, 3.63) is 29.3 Å². The number of benzene rings is 1. The van der Waals surface area contributed by atoms with Gasteiger partial charge in [0.2, 0.25) is 0 Å². The lowest BCUT2D eigenvalue weighted by atomic mass is 9.94. The highest BCUT2D eigenvalue weighted by atomic mass is 16.5. The molecular formula is C17H26N2O2. The molecule has 1 fully saturated rings. The van der Waals surface area contributed by atoms with Gasteiger partial charge in [-0.1, -0.05) is 6.92 Å². The molecule has 0 spiro atoms. The lowest BCUT2D eigenvalue weighted by molar-refractivity contribution is 0.101. The van der Waals surface area contributed by atoms with Crippen molar-refractivity contribution < 1.29 is 9.53 Å². The maximum absolute atomic E-state index is 11.6. The third-order valence-electron chi connectivity index (χ3n) is 4.26. The standard InChI is InChI=1S/C17H26N2O2/c1-4-21-17-6-5-14(13(3)20)9-15(17)10-19-8-7-12(2)16(18)11-19/h5-6,9,12,16H,4,7-8,10-11,18H2,1-3H3. The molecule has 1 heterocycles. The van der Waals surface area contributed by atoms with Crippen LogP contribution in [0.15, 0.2) is 18.2 Å². The van der Waals surface area contributed by atoms with Gasteiger partial charge >= 0.3 is 0 Å². The molecule has 0 aromatic heterocycles. The van der Waals surface area contributed by atoms with Crippen LogP contribution < -0.4 is 10.5 Å². The molecule has 0 amide bonds. The van der Waals surface area contributed by atoms with Crippen molar-refractivity contribution in [1.82, 2.24) is 4.90 Å². The fraction of sp³-hybridized carbons (Fsp3) is 0.588. The number of hydrogen-bond acceptors (Lipinski definition) is 4. The Morgan fingerprint density at radius 1 is 1.48 bits per heavy atom. The number of carbonyl (C=O) groups excluding carboxylic acids is 1. The third-order valence-corrected chi connectivity index (χ3v) is 4.26. The lowest BCUT2D eigenvalue weighted by Gasteiger charge is -2.35. The van der Waals surface area contributed by atoms with Crippen molar-refractivity contribution in [3.8, 4) is 5.75 Å². The number of carbonyl (C=O) groups is 1. The van der Waals surface area contributed by atoms with Gasteiger partial charge in [0, 0.05) is 30.3 Å². The molecule has 1 aromatic carbocycles. The van der Waals surface area contributed by atoms with Crippen LogP contribution in [0.1, 0.15) is 43.1 Å². The Bertz CT molecular complexity index is 502. The molecule has 1 aromatic rings. The summed E-state index contributed by atoms with van der Waals surface area (Å²) in [5.74, 6) is 1.54. The minimum Gasteiger partial charge on any atom is -0.494 e. The predicted molar refractivity (Wildman–Crippen MR) is 84.6 cm³/mol. The van der Waals surface area contributed by atoms with E-state index in [1.807, 2.05) is 25.1 Å². The van der Waals surface area contributed by atoms with E-state index in [-0.39, 0.29) is 11.8 Å². The third kappa shape index (κ3) is 4.05. The molecule has 4 nitrogen and oxygen atoms in total. The highest BCUT2D eigenvalue weighted by molar-refractivity contribution is 5.94. The van der Waals surface area contributed by atoms with Gasteiger partial charge in [-0.25, -0.2) is 0 Å². The average molecular weight is 290 g/mol. The SMILES string of the molecule is CCOc1ccc(C(C)=O)cc1CN1CCC(C)C(N)C1. The number of Topliss-reactive ketones (excluding diaryl/α,β-unsaturated/α-hetero) is 1. The van der Waals surface area contributed by atoms with E-state index in [9.17, 15) is 4.79 Å². The molecule has 21 heavy (non-hydrogen) atoms. The number of ketones is 1. The lowest BCUT2D eigenvalue weighted by Crippen LogP contribution is -2.47. The van der Waals surface area contributed by atoms with E-state index in [2.05, 4.69) is 11.8 Å². The summed E-state index contributed by atoms with van der Waals surface area (Å²) in [6, 6.07) is 5.92. The summed E-state index contributed by atoms with van der Waals surface area (Å²) in [6.07, 6.45) is 1.12. The van der Waals surface area contributed by atoms with Crippen LogP contribution in [-0.2, 0) is 6.54 Å². The van der Waals surface area contributed by atoms with Crippen LogP contribution in [0.2, 0.25) is 0 Å². The molecule has 2 atom stereocenters. The molecule has 1 aliphatic heterocycles.